The van der Waals surface area contributed by atoms with Crippen molar-refractivity contribution in [1.29, 1.82) is 0 Å². The molecular weight excluding hydrogens is 298 g/mol. The van der Waals surface area contributed by atoms with Gasteiger partial charge in [0.15, 0.2) is 0 Å². The van der Waals surface area contributed by atoms with Crippen LogP contribution >= 0.6 is 0 Å². The van der Waals surface area contributed by atoms with Crippen LogP contribution in [-0.4, -0.2) is 38.1 Å². The largest absolute Gasteiger partial charge is 0.385 e. The minimum absolute atomic E-state index is 0.0388. The molecule has 2 N–H and O–H groups in total. The summed E-state index contributed by atoms with van der Waals surface area (Å²) in [6.07, 6.45) is 4.40. The Morgan fingerprint density at radius 2 is 2.17 bits per heavy atom. The van der Waals surface area contributed by atoms with Gasteiger partial charge < -0.3 is 15.0 Å². The molecular formula is C15H19N5O3. The Hall–Kier alpha value is -2.48. The molecule has 1 atom stereocenters. The van der Waals surface area contributed by atoms with Gasteiger partial charge in [0.1, 0.15) is 23.4 Å². The molecule has 1 unspecified atom stereocenters. The van der Waals surface area contributed by atoms with Gasteiger partial charge in [0.2, 0.25) is 0 Å². The molecule has 8 heteroatoms. The average molecular weight is 317 g/mol. The summed E-state index contributed by atoms with van der Waals surface area (Å²) >= 11 is 0. The Bertz CT molecular complexity index is 680. The lowest BCUT2D eigenvalue weighted by molar-refractivity contribution is -0.385. The zero-order chi connectivity index (χ0) is 16.4. The van der Waals surface area contributed by atoms with Crippen molar-refractivity contribution >= 4 is 11.5 Å². The highest BCUT2D eigenvalue weighted by molar-refractivity contribution is 5.47. The summed E-state index contributed by atoms with van der Waals surface area (Å²) in [7, 11) is 0. The molecule has 1 fully saturated rings. The van der Waals surface area contributed by atoms with E-state index in [0.717, 1.165) is 31.7 Å². The van der Waals surface area contributed by atoms with E-state index in [-0.39, 0.29) is 11.6 Å². The maximum Gasteiger partial charge on any atom is 0.290 e. The lowest BCUT2D eigenvalue weighted by atomic mass is 9.91. The number of aryl methyl sites for hydroxylation is 1. The number of aromatic amines is 1. The van der Waals surface area contributed by atoms with Crippen LogP contribution < -0.4 is 4.90 Å². The van der Waals surface area contributed by atoms with E-state index in [2.05, 4.69) is 19.9 Å². The third-order valence-corrected chi connectivity index (χ3v) is 4.35. The van der Waals surface area contributed by atoms with E-state index in [1.54, 1.807) is 25.4 Å². The molecule has 23 heavy (non-hydrogen) atoms. The number of aliphatic hydroxyl groups excluding tert-OH is 1. The van der Waals surface area contributed by atoms with Gasteiger partial charge in [-0.2, -0.15) is 0 Å². The number of imidazole rings is 1. The molecule has 3 heterocycles. The lowest BCUT2D eigenvalue weighted by Gasteiger charge is -2.34. The van der Waals surface area contributed by atoms with Crippen LogP contribution in [0, 0.1) is 23.0 Å². The lowest BCUT2D eigenvalue weighted by Crippen LogP contribution is -2.36. The van der Waals surface area contributed by atoms with E-state index >= 15 is 0 Å². The summed E-state index contributed by atoms with van der Waals surface area (Å²) in [5, 5.41) is 21.2. The molecule has 122 valence electrons. The molecule has 1 aliphatic rings. The average Bonchev–Trinajstić information content (AvgIpc) is 3.08. The fourth-order valence-electron chi connectivity index (χ4n) is 3.02. The number of rotatable bonds is 4. The Morgan fingerprint density at radius 1 is 1.43 bits per heavy atom. The van der Waals surface area contributed by atoms with Crippen molar-refractivity contribution in [1.82, 2.24) is 15.0 Å². The Kier molecular flexibility index (Phi) is 4.24. The number of nitro groups is 1. The number of nitrogens with one attached hydrogen (secondary N) is 1. The first-order valence-corrected chi connectivity index (χ1v) is 7.60. The zero-order valence-corrected chi connectivity index (χ0v) is 12.8. The van der Waals surface area contributed by atoms with Crippen LogP contribution in [0.2, 0.25) is 0 Å². The number of pyridine rings is 1. The fraction of sp³-hybridized carbons (Fsp3) is 0.467. The minimum atomic E-state index is -0.585. The van der Waals surface area contributed by atoms with E-state index in [9.17, 15) is 15.2 Å². The highest BCUT2D eigenvalue weighted by atomic mass is 16.6. The van der Waals surface area contributed by atoms with Gasteiger partial charge in [0.05, 0.1) is 4.92 Å². The molecule has 1 saturated heterocycles. The van der Waals surface area contributed by atoms with Gasteiger partial charge in [-0.3, -0.25) is 10.1 Å². The predicted molar refractivity (Wildman–Crippen MR) is 84.1 cm³/mol. The smallest absolute Gasteiger partial charge is 0.290 e. The number of hydrogen-bond donors (Lipinski definition) is 2. The number of piperidine rings is 1. The second-order valence-corrected chi connectivity index (χ2v) is 5.77. The van der Waals surface area contributed by atoms with Crippen LogP contribution in [-0.2, 0) is 0 Å². The van der Waals surface area contributed by atoms with Gasteiger partial charge in [-0.25, -0.2) is 9.97 Å². The van der Waals surface area contributed by atoms with E-state index in [0.29, 0.717) is 11.5 Å². The Balaban J connectivity index is 1.65. The first-order valence-electron chi connectivity index (χ1n) is 7.60. The maximum absolute atomic E-state index is 10.9. The summed E-state index contributed by atoms with van der Waals surface area (Å²) in [5.74, 6) is 1.50. The molecule has 0 amide bonds. The highest BCUT2D eigenvalue weighted by Crippen LogP contribution is 2.31. The number of aromatic nitrogens is 3. The molecule has 0 aliphatic carbocycles. The Morgan fingerprint density at radius 3 is 2.74 bits per heavy atom. The SMILES string of the molecule is Cc1nc(N2CCC(C(O)c3ncc[nH]3)CC2)ccc1[N+](=O)[O-]. The molecule has 0 saturated carbocycles. The molecule has 0 radical (unpaired) electrons. The van der Waals surface area contributed by atoms with E-state index in [1.165, 1.54) is 6.07 Å². The normalized spacial score (nSPS) is 17.2. The zero-order valence-electron chi connectivity index (χ0n) is 12.8. The molecule has 0 spiro atoms. The van der Waals surface area contributed by atoms with Gasteiger partial charge in [-0.15, -0.1) is 0 Å². The molecule has 2 aromatic heterocycles. The number of aliphatic hydroxyl groups is 1. The standard InChI is InChI=1S/C15H19N5O3/c1-10-12(20(22)23)2-3-13(18-10)19-8-4-11(5-9-19)14(21)15-16-6-7-17-15/h2-3,6-7,11,14,21H,4-5,8-9H2,1H3,(H,16,17). The van der Waals surface area contributed by atoms with Gasteiger partial charge in [0, 0.05) is 31.5 Å². The number of nitrogens with zero attached hydrogens (tertiary/aromatic N) is 4. The van der Waals surface area contributed by atoms with Crippen LogP contribution in [0.15, 0.2) is 24.5 Å². The minimum Gasteiger partial charge on any atom is -0.385 e. The number of hydrogen-bond acceptors (Lipinski definition) is 6. The van der Waals surface area contributed by atoms with E-state index < -0.39 is 11.0 Å². The van der Waals surface area contributed by atoms with Crippen molar-refractivity contribution in [3.05, 3.63) is 46.2 Å². The highest BCUT2D eigenvalue weighted by Gasteiger charge is 2.28. The van der Waals surface area contributed by atoms with Crippen molar-refractivity contribution in [2.75, 3.05) is 18.0 Å². The van der Waals surface area contributed by atoms with Crippen molar-refractivity contribution in [2.45, 2.75) is 25.9 Å². The van der Waals surface area contributed by atoms with Gasteiger partial charge >= 0.3 is 0 Å². The molecule has 8 nitrogen and oxygen atoms in total. The topological polar surface area (TPSA) is 108 Å². The third-order valence-electron chi connectivity index (χ3n) is 4.35. The van der Waals surface area contributed by atoms with Crippen LogP contribution in [0.3, 0.4) is 0 Å². The third kappa shape index (κ3) is 3.16. The molecule has 3 rings (SSSR count). The van der Waals surface area contributed by atoms with Crippen molar-refractivity contribution in [3.8, 4) is 0 Å². The van der Waals surface area contributed by atoms with Crippen molar-refractivity contribution < 1.29 is 10.0 Å². The molecule has 1 aliphatic heterocycles. The maximum atomic E-state index is 10.9. The first kappa shape index (κ1) is 15.4. The van der Waals surface area contributed by atoms with Crippen LogP contribution in [0.25, 0.3) is 0 Å². The molecule has 2 aromatic rings. The monoisotopic (exact) mass is 317 g/mol. The van der Waals surface area contributed by atoms with Gasteiger partial charge in [-0.1, -0.05) is 0 Å². The molecule has 0 bridgehead atoms. The van der Waals surface area contributed by atoms with Gasteiger partial charge in [0.25, 0.3) is 5.69 Å². The summed E-state index contributed by atoms with van der Waals surface area (Å²) in [5.41, 5.74) is 0.460. The van der Waals surface area contributed by atoms with Crippen molar-refractivity contribution in [2.24, 2.45) is 5.92 Å². The predicted octanol–water partition coefficient (Wildman–Crippen LogP) is 1.97. The van der Waals surface area contributed by atoms with E-state index in [4.69, 9.17) is 0 Å². The van der Waals surface area contributed by atoms with Crippen LogP contribution in [0.1, 0.15) is 30.5 Å². The quantitative estimate of drug-likeness (QED) is 0.659. The summed E-state index contributed by atoms with van der Waals surface area (Å²) < 4.78 is 0. The van der Waals surface area contributed by atoms with Gasteiger partial charge in [-0.05, 0) is 31.7 Å². The van der Waals surface area contributed by atoms with Crippen LogP contribution in [0.4, 0.5) is 11.5 Å². The first-order chi connectivity index (χ1) is 11.1. The fourth-order valence-corrected chi connectivity index (χ4v) is 3.02. The summed E-state index contributed by atoms with van der Waals surface area (Å²) in [4.78, 5) is 23.9. The van der Waals surface area contributed by atoms with Crippen LogP contribution in [0.5, 0.6) is 0 Å². The second kappa shape index (κ2) is 6.33. The van der Waals surface area contributed by atoms with Crippen molar-refractivity contribution in [3.63, 3.8) is 0 Å². The summed E-state index contributed by atoms with van der Waals surface area (Å²) in [6, 6.07) is 3.19. The number of anilines is 1. The summed E-state index contributed by atoms with van der Waals surface area (Å²) in [6.45, 7) is 3.16. The second-order valence-electron chi connectivity index (χ2n) is 5.77. The van der Waals surface area contributed by atoms with E-state index in [1.807, 2.05) is 0 Å². The Labute approximate surface area is 133 Å². The molecule has 0 aromatic carbocycles. The number of H-pyrrole nitrogens is 1.